The third kappa shape index (κ3) is 1.77. The monoisotopic (exact) mass is 210 g/mol. The first-order chi connectivity index (χ1) is 7.24. The lowest BCUT2D eigenvalue weighted by Crippen LogP contribution is -2.46. The van der Waals surface area contributed by atoms with Crippen molar-refractivity contribution in [1.29, 1.82) is 0 Å². The Kier molecular flexibility index (Phi) is 2.77. The molecule has 0 saturated carbocycles. The van der Waals surface area contributed by atoms with E-state index in [1.165, 1.54) is 6.07 Å². The minimum absolute atomic E-state index is 0.254. The molecule has 4 heteroatoms. The Labute approximate surface area is 88.8 Å². The quantitative estimate of drug-likeness (QED) is 0.795. The van der Waals surface area contributed by atoms with E-state index in [9.17, 15) is 4.39 Å². The largest absolute Gasteiger partial charge is 0.486 e. The number of anilines is 1. The number of para-hydroxylation sites is 1. The lowest BCUT2D eigenvalue weighted by atomic mass is 10.1. The van der Waals surface area contributed by atoms with Gasteiger partial charge in [0.05, 0.1) is 11.7 Å². The Balaban J connectivity index is 2.30. The zero-order valence-corrected chi connectivity index (χ0v) is 8.96. The molecule has 0 aliphatic carbocycles. The molecule has 1 aromatic rings. The molecule has 1 atom stereocenters. The van der Waals surface area contributed by atoms with Crippen molar-refractivity contribution in [2.24, 2.45) is 0 Å². The lowest BCUT2D eigenvalue weighted by Gasteiger charge is -2.35. The van der Waals surface area contributed by atoms with Gasteiger partial charge in [-0.2, -0.15) is 0 Å². The number of fused-ring (bicyclic) bond motifs is 1. The zero-order chi connectivity index (χ0) is 10.8. The van der Waals surface area contributed by atoms with Crippen molar-refractivity contribution in [3.63, 3.8) is 0 Å². The van der Waals surface area contributed by atoms with Crippen LogP contribution in [0.4, 0.5) is 10.1 Å². The van der Waals surface area contributed by atoms with E-state index >= 15 is 0 Å². The molecule has 0 spiro atoms. The molecular formula is C11H15FN2O. The molecule has 3 nitrogen and oxygen atoms in total. The molecule has 0 radical (unpaired) electrons. The van der Waals surface area contributed by atoms with Crippen LogP contribution in [-0.2, 0) is 0 Å². The van der Waals surface area contributed by atoms with Crippen molar-refractivity contribution >= 4 is 5.69 Å². The van der Waals surface area contributed by atoms with Gasteiger partial charge in [0, 0.05) is 13.6 Å². The molecule has 1 aromatic carbocycles. The molecule has 0 aromatic heterocycles. The molecule has 1 aliphatic rings. The average Bonchev–Trinajstić information content (AvgIpc) is 2.23. The minimum atomic E-state index is -0.290. The highest BCUT2D eigenvalue weighted by atomic mass is 19.1. The molecular weight excluding hydrogens is 195 g/mol. The maximum Gasteiger partial charge on any atom is 0.178 e. The van der Waals surface area contributed by atoms with Crippen molar-refractivity contribution < 1.29 is 9.13 Å². The minimum Gasteiger partial charge on any atom is -0.486 e. The number of halogens is 1. The summed E-state index contributed by atoms with van der Waals surface area (Å²) in [5.41, 5.74) is 0.821. The molecule has 82 valence electrons. The lowest BCUT2D eigenvalue weighted by molar-refractivity contribution is 0.252. The number of nitrogens with zero attached hydrogens (tertiary/aromatic N) is 1. The summed E-state index contributed by atoms with van der Waals surface area (Å²) < 4.78 is 18.8. The SMILES string of the molecule is CNCC1COc2c(F)cccc2N1C. The summed E-state index contributed by atoms with van der Waals surface area (Å²) in [7, 11) is 3.86. The first-order valence-electron chi connectivity index (χ1n) is 5.02. The average molecular weight is 210 g/mol. The van der Waals surface area contributed by atoms with Gasteiger partial charge in [0.15, 0.2) is 11.6 Å². The van der Waals surface area contributed by atoms with Gasteiger partial charge in [0.2, 0.25) is 0 Å². The van der Waals surface area contributed by atoms with Crippen LogP contribution in [0.5, 0.6) is 5.75 Å². The van der Waals surface area contributed by atoms with Crippen LogP contribution in [0.3, 0.4) is 0 Å². The number of rotatable bonds is 2. The molecule has 0 amide bonds. The Morgan fingerprint density at radius 3 is 3.13 bits per heavy atom. The van der Waals surface area contributed by atoms with Crippen LogP contribution in [0.15, 0.2) is 18.2 Å². The van der Waals surface area contributed by atoms with Crippen LogP contribution < -0.4 is 15.0 Å². The predicted octanol–water partition coefficient (Wildman–Crippen LogP) is 1.24. The Morgan fingerprint density at radius 1 is 1.60 bits per heavy atom. The van der Waals surface area contributed by atoms with Crippen molar-refractivity contribution in [1.82, 2.24) is 5.32 Å². The molecule has 1 aliphatic heterocycles. The summed E-state index contributed by atoms with van der Waals surface area (Å²) in [4.78, 5) is 2.05. The number of nitrogens with one attached hydrogen (secondary N) is 1. The van der Waals surface area contributed by atoms with Gasteiger partial charge < -0.3 is 15.0 Å². The standard InChI is InChI=1S/C11H15FN2O/c1-13-6-8-7-15-11-9(12)4-3-5-10(11)14(8)2/h3-5,8,13H,6-7H2,1-2H3. The van der Waals surface area contributed by atoms with Gasteiger partial charge in [-0.25, -0.2) is 4.39 Å². The third-order valence-corrected chi connectivity index (χ3v) is 2.73. The fourth-order valence-electron chi connectivity index (χ4n) is 1.84. The number of ether oxygens (including phenoxy) is 1. The van der Waals surface area contributed by atoms with Gasteiger partial charge in [0.1, 0.15) is 6.61 Å². The van der Waals surface area contributed by atoms with E-state index in [2.05, 4.69) is 10.2 Å². The second-order valence-corrected chi connectivity index (χ2v) is 3.72. The topological polar surface area (TPSA) is 24.5 Å². The fraction of sp³-hybridized carbons (Fsp3) is 0.455. The predicted molar refractivity (Wildman–Crippen MR) is 58.0 cm³/mol. The number of benzene rings is 1. The van der Waals surface area contributed by atoms with Crippen molar-refractivity contribution in [3.05, 3.63) is 24.0 Å². The van der Waals surface area contributed by atoms with E-state index in [1.807, 2.05) is 20.2 Å². The van der Waals surface area contributed by atoms with Crippen molar-refractivity contribution in [3.8, 4) is 5.75 Å². The Bertz CT molecular complexity index is 356. The van der Waals surface area contributed by atoms with Crippen LogP contribution in [-0.4, -0.2) is 33.3 Å². The number of hydrogen-bond acceptors (Lipinski definition) is 3. The van der Waals surface area contributed by atoms with Crippen molar-refractivity contribution in [2.45, 2.75) is 6.04 Å². The van der Waals surface area contributed by atoms with Gasteiger partial charge in [0.25, 0.3) is 0 Å². The molecule has 0 saturated heterocycles. The summed E-state index contributed by atoms with van der Waals surface area (Å²) in [6, 6.07) is 5.26. The number of likely N-dealkylation sites (N-methyl/N-ethyl adjacent to an activating group) is 2. The van der Waals surface area contributed by atoms with E-state index < -0.39 is 0 Å². The highest BCUT2D eigenvalue weighted by molar-refractivity contribution is 5.60. The van der Waals surface area contributed by atoms with Crippen LogP contribution in [0.1, 0.15) is 0 Å². The van der Waals surface area contributed by atoms with Crippen LogP contribution >= 0.6 is 0 Å². The highest BCUT2D eigenvalue weighted by Gasteiger charge is 2.25. The van der Waals surface area contributed by atoms with Gasteiger partial charge in [-0.15, -0.1) is 0 Å². The first kappa shape index (κ1) is 10.2. The summed E-state index contributed by atoms with van der Waals surface area (Å²) in [5.74, 6) is 0.0783. The normalized spacial score (nSPS) is 19.7. The Morgan fingerprint density at radius 2 is 2.40 bits per heavy atom. The first-order valence-corrected chi connectivity index (χ1v) is 5.02. The van der Waals surface area contributed by atoms with Crippen LogP contribution in [0.2, 0.25) is 0 Å². The molecule has 15 heavy (non-hydrogen) atoms. The van der Waals surface area contributed by atoms with Crippen molar-refractivity contribution in [2.75, 3.05) is 32.1 Å². The summed E-state index contributed by atoms with van der Waals surface area (Å²) in [6.07, 6.45) is 0. The van der Waals surface area contributed by atoms with E-state index in [4.69, 9.17) is 4.74 Å². The molecule has 1 N–H and O–H groups in total. The zero-order valence-electron chi connectivity index (χ0n) is 8.96. The summed E-state index contributed by atoms with van der Waals surface area (Å²) in [6.45, 7) is 1.34. The molecule has 0 fully saturated rings. The second-order valence-electron chi connectivity index (χ2n) is 3.72. The molecule has 1 unspecified atom stereocenters. The maximum atomic E-state index is 13.4. The van der Waals surface area contributed by atoms with E-state index in [-0.39, 0.29) is 11.9 Å². The fourth-order valence-corrected chi connectivity index (χ4v) is 1.84. The highest BCUT2D eigenvalue weighted by Crippen LogP contribution is 2.34. The van der Waals surface area contributed by atoms with Crippen LogP contribution in [0, 0.1) is 5.82 Å². The van der Waals surface area contributed by atoms with Gasteiger partial charge in [-0.05, 0) is 19.2 Å². The molecule has 1 heterocycles. The van der Waals surface area contributed by atoms with Gasteiger partial charge in [-0.3, -0.25) is 0 Å². The second kappa shape index (κ2) is 4.06. The summed E-state index contributed by atoms with van der Waals surface area (Å²) in [5, 5.41) is 3.10. The van der Waals surface area contributed by atoms with E-state index in [1.54, 1.807) is 6.07 Å². The summed E-state index contributed by atoms with van der Waals surface area (Å²) >= 11 is 0. The maximum absolute atomic E-state index is 13.4. The number of hydrogen-bond donors (Lipinski definition) is 1. The van der Waals surface area contributed by atoms with Gasteiger partial charge >= 0.3 is 0 Å². The molecule has 0 bridgehead atoms. The van der Waals surface area contributed by atoms with E-state index in [0.29, 0.717) is 12.4 Å². The molecule has 2 rings (SSSR count). The van der Waals surface area contributed by atoms with Gasteiger partial charge in [-0.1, -0.05) is 6.07 Å². The smallest absolute Gasteiger partial charge is 0.178 e. The van der Waals surface area contributed by atoms with Crippen LogP contribution in [0.25, 0.3) is 0 Å². The Hall–Kier alpha value is -1.29. The van der Waals surface area contributed by atoms with E-state index in [0.717, 1.165) is 12.2 Å². The third-order valence-electron chi connectivity index (χ3n) is 2.73.